The van der Waals surface area contributed by atoms with E-state index in [1.165, 1.54) is 63.4 Å². The zero-order chi connectivity index (χ0) is 19.0. The second kappa shape index (κ2) is 8.08. The minimum absolute atomic E-state index is 0.123. The van der Waals surface area contributed by atoms with Gasteiger partial charge in [-0.25, -0.2) is 0 Å². The summed E-state index contributed by atoms with van der Waals surface area (Å²) in [6, 6.07) is 10.9. The molecule has 3 nitrogen and oxygen atoms in total. The van der Waals surface area contributed by atoms with E-state index in [-0.39, 0.29) is 11.7 Å². The summed E-state index contributed by atoms with van der Waals surface area (Å²) < 4.78 is 6.47. The molecule has 0 amide bonds. The minimum atomic E-state index is -0.335. The van der Waals surface area contributed by atoms with Gasteiger partial charge in [0.25, 0.3) is 0 Å². The van der Waals surface area contributed by atoms with Gasteiger partial charge in [0, 0.05) is 6.54 Å². The van der Waals surface area contributed by atoms with E-state index >= 15 is 0 Å². The van der Waals surface area contributed by atoms with E-state index in [4.69, 9.17) is 4.74 Å². The van der Waals surface area contributed by atoms with Crippen LogP contribution in [0.1, 0.15) is 56.9 Å². The lowest BCUT2D eigenvalue weighted by molar-refractivity contribution is -0.176. The molecule has 1 saturated heterocycles. The molecule has 3 heteroatoms. The maximum absolute atomic E-state index is 10.6. The first kappa shape index (κ1) is 19.1. The van der Waals surface area contributed by atoms with E-state index in [1.807, 2.05) is 0 Å². The van der Waals surface area contributed by atoms with Gasteiger partial charge in [0.2, 0.25) is 0 Å². The molecule has 1 heterocycles. The zero-order valence-electron chi connectivity index (χ0n) is 17.3. The number of hydrogen-bond acceptors (Lipinski definition) is 3. The molecule has 5 fully saturated rings. The van der Waals surface area contributed by atoms with Crippen molar-refractivity contribution in [1.29, 1.82) is 0 Å². The van der Waals surface area contributed by atoms with Crippen molar-refractivity contribution in [3.8, 4) is 0 Å². The molecule has 4 aliphatic carbocycles. The number of ether oxygens (including phenoxy) is 1. The molecule has 0 aromatic heterocycles. The summed E-state index contributed by atoms with van der Waals surface area (Å²) in [6.07, 6.45) is 11.5. The summed E-state index contributed by atoms with van der Waals surface area (Å²) in [4.78, 5) is 2.45. The van der Waals surface area contributed by atoms with Crippen molar-refractivity contribution >= 4 is 0 Å². The van der Waals surface area contributed by atoms with E-state index in [2.05, 4.69) is 35.2 Å². The lowest BCUT2D eigenvalue weighted by atomic mass is 9.54. The molecule has 1 aliphatic heterocycles. The maximum Gasteiger partial charge on any atom is 0.0900 e. The van der Waals surface area contributed by atoms with Crippen LogP contribution in [0.4, 0.5) is 0 Å². The van der Waals surface area contributed by atoms with Gasteiger partial charge < -0.3 is 14.7 Å². The number of β-amino-alcohol motifs (C(OH)–C–C–N with tert-alkyl or cyclic N) is 1. The summed E-state index contributed by atoms with van der Waals surface area (Å²) in [5.41, 5.74) is 1.59. The second-order valence-electron chi connectivity index (χ2n) is 10.5. The van der Waals surface area contributed by atoms with Crippen molar-refractivity contribution in [2.45, 2.75) is 69.5 Å². The zero-order valence-corrected chi connectivity index (χ0v) is 17.3. The van der Waals surface area contributed by atoms with E-state index in [0.29, 0.717) is 6.61 Å². The highest BCUT2D eigenvalue weighted by Gasteiger charge is 2.51. The molecular formula is C25H37NO2. The lowest BCUT2D eigenvalue weighted by Gasteiger charge is -2.56. The number of aliphatic hydroxyl groups excluding tert-OH is 1. The van der Waals surface area contributed by atoms with Crippen molar-refractivity contribution in [3.63, 3.8) is 0 Å². The Balaban J connectivity index is 1.05. The third kappa shape index (κ3) is 4.32. The average molecular weight is 384 g/mol. The van der Waals surface area contributed by atoms with Crippen LogP contribution in [-0.4, -0.2) is 48.0 Å². The van der Waals surface area contributed by atoms with Crippen molar-refractivity contribution in [2.75, 3.05) is 26.2 Å². The fourth-order valence-corrected chi connectivity index (χ4v) is 7.15. The Kier molecular flexibility index (Phi) is 5.51. The number of benzene rings is 1. The first-order valence-corrected chi connectivity index (χ1v) is 11.7. The highest BCUT2D eigenvalue weighted by Crippen LogP contribution is 2.57. The van der Waals surface area contributed by atoms with Gasteiger partial charge in [-0.05, 0) is 100 Å². The van der Waals surface area contributed by atoms with Crippen LogP contribution in [0.25, 0.3) is 0 Å². The van der Waals surface area contributed by atoms with Crippen LogP contribution in [0.15, 0.2) is 30.3 Å². The minimum Gasteiger partial charge on any atom is -0.389 e. The van der Waals surface area contributed by atoms with Gasteiger partial charge in [0.1, 0.15) is 0 Å². The SMILES string of the molecule is O[C@H](COC12CC3CC(CC(C3)C1)C2)CN1CCC(Cc2ccccc2)CC1. The molecule has 1 aromatic rings. The molecule has 5 aliphatic rings. The Bertz CT molecular complexity index is 602. The summed E-state index contributed by atoms with van der Waals surface area (Å²) >= 11 is 0. The molecular weight excluding hydrogens is 346 g/mol. The Morgan fingerprint density at radius 1 is 0.964 bits per heavy atom. The molecule has 0 radical (unpaired) electrons. The van der Waals surface area contributed by atoms with E-state index in [9.17, 15) is 5.11 Å². The molecule has 4 saturated carbocycles. The fraction of sp³-hybridized carbons (Fsp3) is 0.760. The predicted molar refractivity (Wildman–Crippen MR) is 112 cm³/mol. The summed E-state index contributed by atoms with van der Waals surface area (Å²) in [5, 5.41) is 10.6. The number of nitrogens with zero attached hydrogens (tertiary/aromatic N) is 1. The van der Waals surface area contributed by atoms with Crippen molar-refractivity contribution in [2.24, 2.45) is 23.7 Å². The average Bonchev–Trinajstić information content (AvgIpc) is 2.68. The topological polar surface area (TPSA) is 32.7 Å². The molecule has 1 aromatic carbocycles. The first-order valence-electron chi connectivity index (χ1n) is 11.7. The highest BCUT2D eigenvalue weighted by molar-refractivity contribution is 5.15. The Morgan fingerprint density at radius 3 is 2.18 bits per heavy atom. The van der Waals surface area contributed by atoms with Crippen LogP contribution in [0, 0.1) is 23.7 Å². The van der Waals surface area contributed by atoms with E-state index < -0.39 is 0 Å². The number of piperidine rings is 1. The molecule has 6 rings (SSSR count). The molecule has 28 heavy (non-hydrogen) atoms. The molecule has 1 atom stereocenters. The van der Waals surface area contributed by atoms with Crippen LogP contribution in [0.3, 0.4) is 0 Å². The van der Waals surface area contributed by atoms with Gasteiger partial charge in [-0.1, -0.05) is 30.3 Å². The normalized spacial score (nSPS) is 36.7. The van der Waals surface area contributed by atoms with Crippen molar-refractivity contribution in [1.82, 2.24) is 4.90 Å². The van der Waals surface area contributed by atoms with Gasteiger partial charge >= 0.3 is 0 Å². The highest BCUT2D eigenvalue weighted by atomic mass is 16.5. The van der Waals surface area contributed by atoms with Crippen LogP contribution in [0.2, 0.25) is 0 Å². The third-order valence-electron chi connectivity index (χ3n) is 8.11. The maximum atomic E-state index is 10.6. The molecule has 4 bridgehead atoms. The van der Waals surface area contributed by atoms with Crippen LogP contribution < -0.4 is 0 Å². The Morgan fingerprint density at radius 2 is 1.57 bits per heavy atom. The van der Waals surface area contributed by atoms with Crippen molar-refractivity contribution in [3.05, 3.63) is 35.9 Å². The largest absolute Gasteiger partial charge is 0.389 e. The number of hydrogen-bond donors (Lipinski definition) is 1. The van der Waals surface area contributed by atoms with Gasteiger partial charge in [-0.3, -0.25) is 0 Å². The first-order chi connectivity index (χ1) is 13.7. The van der Waals surface area contributed by atoms with Crippen LogP contribution in [-0.2, 0) is 11.2 Å². The van der Waals surface area contributed by atoms with Crippen molar-refractivity contribution < 1.29 is 9.84 Å². The Labute approximate surface area is 170 Å². The Hall–Kier alpha value is -0.900. The quantitative estimate of drug-likeness (QED) is 0.762. The van der Waals surface area contributed by atoms with E-state index in [1.54, 1.807) is 0 Å². The standard InChI is InChI=1S/C25H37NO2/c27-24(18-28-25-14-21-11-22(15-25)13-23(12-21)16-25)17-26-8-6-20(7-9-26)10-19-4-2-1-3-5-19/h1-5,20-24,27H,6-18H2/t21?,22?,23?,24-,25?/m0/s1. The summed E-state index contributed by atoms with van der Waals surface area (Å²) in [5.74, 6) is 3.52. The second-order valence-corrected chi connectivity index (χ2v) is 10.5. The van der Waals surface area contributed by atoms with E-state index in [0.717, 1.165) is 43.3 Å². The monoisotopic (exact) mass is 383 g/mol. The number of rotatable bonds is 7. The predicted octanol–water partition coefficient (Wildman–Crippen LogP) is 4.29. The van der Waals surface area contributed by atoms with Gasteiger partial charge in [0.05, 0.1) is 18.3 Å². The van der Waals surface area contributed by atoms with Gasteiger partial charge in [0.15, 0.2) is 0 Å². The third-order valence-corrected chi connectivity index (χ3v) is 8.11. The lowest BCUT2D eigenvalue weighted by Crippen LogP contribution is -2.53. The van der Waals surface area contributed by atoms with Gasteiger partial charge in [-0.15, -0.1) is 0 Å². The van der Waals surface area contributed by atoms with Crippen LogP contribution in [0.5, 0.6) is 0 Å². The summed E-state index contributed by atoms with van der Waals surface area (Å²) in [7, 11) is 0. The number of likely N-dealkylation sites (tertiary alicyclic amines) is 1. The molecule has 1 N–H and O–H groups in total. The number of aliphatic hydroxyl groups is 1. The van der Waals surface area contributed by atoms with Gasteiger partial charge in [-0.2, -0.15) is 0 Å². The summed E-state index contributed by atoms with van der Waals surface area (Å²) in [6.45, 7) is 3.55. The van der Waals surface area contributed by atoms with Crippen LogP contribution >= 0.6 is 0 Å². The molecule has 154 valence electrons. The molecule has 0 spiro atoms. The smallest absolute Gasteiger partial charge is 0.0900 e. The fourth-order valence-electron chi connectivity index (χ4n) is 7.15. The molecule has 0 unspecified atom stereocenters.